The first kappa shape index (κ1) is 15.9. The van der Waals surface area contributed by atoms with Crippen molar-refractivity contribution in [3.63, 3.8) is 0 Å². The zero-order valence-electron chi connectivity index (χ0n) is 14.2. The van der Waals surface area contributed by atoms with Crippen LogP contribution in [0.2, 0.25) is 0 Å². The summed E-state index contributed by atoms with van der Waals surface area (Å²) in [5, 5.41) is 0. The maximum atomic E-state index is 3.91. The minimum atomic E-state index is 0.131. The highest BCUT2D eigenvalue weighted by atomic mass is 15.2. The minimum absolute atomic E-state index is 0.131. The number of nitrogens with zero attached hydrogens (tertiary/aromatic N) is 1. The summed E-state index contributed by atoms with van der Waals surface area (Å²) in [7, 11) is 0. The molecule has 0 fully saturated rings. The molecule has 1 nitrogen and oxygen atoms in total. The van der Waals surface area contributed by atoms with Crippen molar-refractivity contribution >= 4 is 17.3 Å². The van der Waals surface area contributed by atoms with Crippen LogP contribution in [-0.2, 0) is 0 Å². The Morgan fingerprint density at radius 3 is 2.52 bits per heavy atom. The van der Waals surface area contributed by atoms with Gasteiger partial charge in [-0.2, -0.15) is 0 Å². The van der Waals surface area contributed by atoms with Crippen molar-refractivity contribution in [3.8, 4) is 0 Å². The molecule has 0 spiro atoms. The van der Waals surface area contributed by atoms with Gasteiger partial charge in [-0.3, -0.25) is 0 Å². The van der Waals surface area contributed by atoms with E-state index in [2.05, 4.69) is 70.4 Å². The van der Waals surface area contributed by atoms with E-state index in [-0.39, 0.29) is 5.54 Å². The number of rotatable bonds is 5. The Labute approximate surface area is 130 Å². The van der Waals surface area contributed by atoms with Crippen LogP contribution in [0.15, 0.2) is 30.9 Å². The van der Waals surface area contributed by atoms with Crippen molar-refractivity contribution < 1.29 is 0 Å². The molecule has 1 aromatic rings. The van der Waals surface area contributed by atoms with Crippen LogP contribution >= 0.6 is 0 Å². The maximum Gasteiger partial charge on any atom is 0.0562 e. The van der Waals surface area contributed by atoms with Gasteiger partial charge in [0.1, 0.15) is 0 Å². The smallest absolute Gasteiger partial charge is 0.0562 e. The monoisotopic (exact) mass is 283 g/mol. The molecular weight excluding hydrogens is 254 g/mol. The number of allylic oxidation sites excluding steroid dienone is 1. The van der Waals surface area contributed by atoms with E-state index in [4.69, 9.17) is 0 Å². The third kappa shape index (κ3) is 2.79. The van der Waals surface area contributed by atoms with E-state index in [1.54, 1.807) is 0 Å². The molecule has 0 aliphatic carbocycles. The van der Waals surface area contributed by atoms with Crippen LogP contribution in [0, 0.1) is 5.92 Å². The molecule has 0 bridgehead atoms. The summed E-state index contributed by atoms with van der Waals surface area (Å²) >= 11 is 0. The van der Waals surface area contributed by atoms with Crippen molar-refractivity contribution in [1.29, 1.82) is 0 Å². The molecule has 0 aromatic heterocycles. The van der Waals surface area contributed by atoms with E-state index in [0.29, 0.717) is 5.92 Å². The fourth-order valence-corrected chi connectivity index (χ4v) is 3.64. The van der Waals surface area contributed by atoms with Gasteiger partial charge in [-0.15, -0.1) is 0 Å². The Kier molecular flexibility index (Phi) is 4.61. The van der Waals surface area contributed by atoms with Gasteiger partial charge in [-0.25, -0.2) is 0 Å². The number of fused-ring (bicyclic) bond motifs is 1. The summed E-state index contributed by atoms with van der Waals surface area (Å²) in [4.78, 5) is 2.56. The first-order valence-electron chi connectivity index (χ1n) is 8.24. The van der Waals surface area contributed by atoms with Crippen LogP contribution in [-0.4, -0.2) is 12.1 Å². The van der Waals surface area contributed by atoms with E-state index >= 15 is 0 Å². The van der Waals surface area contributed by atoms with E-state index < -0.39 is 0 Å². The second kappa shape index (κ2) is 6.09. The van der Waals surface area contributed by atoms with Crippen molar-refractivity contribution in [1.82, 2.24) is 0 Å². The zero-order valence-corrected chi connectivity index (χ0v) is 14.2. The lowest BCUT2D eigenvalue weighted by Crippen LogP contribution is -2.47. The summed E-state index contributed by atoms with van der Waals surface area (Å²) in [6.07, 6.45) is 6.85. The summed E-state index contributed by atoms with van der Waals surface area (Å²) in [5.74, 6) is 0.541. The van der Waals surface area contributed by atoms with Crippen molar-refractivity contribution in [2.75, 3.05) is 11.4 Å². The molecule has 114 valence electrons. The molecule has 2 rings (SSSR count). The Morgan fingerprint density at radius 2 is 2.00 bits per heavy atom. The molecule has 1 aromatic carbocycles. The van der Waals surface area contributed by atoms with Crippen LogP contribution in [0.5, 0.6) is 0 Å². The van der Waals surface area contributed by atoms with Crippen LogP contribution < -0.4 is 4.90 Å². The van der Waals surface area contributed by atoms with Gasteiger partial charge < -0.3 is 4.90 Å². The Bertz CT molecular complexity index is 553. The molecule has 0 saturated carbocycles. The second-order valence-electron chi connectivity index (χ2n) is 6.59. The van der Waals surface area contributed by atoms with E-state index in [0.717, 1.165) is 6.54 Å². The van der Waals surface area contributed by atoms with Gasteiger partial charge >= 0.3 is 0 Å². The van der Waals surface area contributed by atoms with E-state index in [1.807, 2.05) is 6.08 Å². The van der Waals surface area contributed by atoms with E-state index in [9.17, 15) is 0 Å². The Morgan fingerprint density at radius 1 is 1.29 bits per heavy atom. The summed E-state index contributed by atoms with van der Waals surface area (Å²) in [5.41, 5.74) is 5.58. The van der Waals surface area contributed by atoms with Gasteiger partial charge in [0.15, 0.2) is 0 Å². The molecule has 1 unspecified atom stereocenters. The third-order valence-electron chi connectivity index (χ3n) is 4.64. The summed E-state index contributed by atoms with van der Waals surface area (Å²) in [6, 6.07) is 6.76. The van der Waals surface area contributed by atoms with Crippen LogP contribution in [0.4, 0.5) is 5.69 Å². The topological polar surface area (TPSA) is 3.24 Å². The molecule has 1 atom stereocenters. The molecule has 1 heteroatoms. The number of hydrogen-bond donors (Lipinski definition) is 0. The zero-order chi connectivity index (χ0) is 15.6. The van der Waals surface area contributed by atoms with Crippen LogP contribution in [0.1, 0.15) is 58.6 Å². The number of likely N-dealkylation sites (N-methyl/N-ethyl adjacent to an activating group) is 1. The quantitative estimate of drug-likeness (QED) is 0.663. The van der Waals surface area contributed by atoms with Crippen molar-refractivity contribution in [2.24, 2.45) is 5.92 Å². The standard InChI is InChI=1S/C20H29N/c1-7-12-20(6)14-18(15(4)5)17-13-16(8-2)10-11-19(17)21(20)9-3/h8,10-11,13-15H,2,7,9,12H2,1,3-6H3. The van der Waals surface area contributed by atoms with E-state index in [1.165, 1.54) is 35.2 Å². The van der Waals surface area contributed by atoms with Gasteiger partial charge in [0.2, 0.25) is 0 Å². The fraction of sp³-hybridized carbons (Fsp3) is 0.500. The normalized spacial score (nSPS) is 21.2. The predicted molar refractivity (Wildman–Crippen MR) is 95.7 cm³/mol. The lowest BCUT2D eigenvalue weighted by atomic mass is 9.80. The third-order valence-corrected chi connectivity index (χ3v) is 4.64. The van der Waals surface area contributed by atoms with Crippen molar-refractivity contribution in [3.05, 3.63) is 42.0 Å². The van der Waals surface area contributed by atoms with Crippen LogP contribution in [0.3, 0.4) is 0 Å². The van der Waals surface area contributed by atoms with Gasteiger partial charge in [0.05, 0.1) is 5.54 Å². The fourth-order valence-electron chi connectivity index (χ4n) is 3.64. The predicted octanol–water partition coefficient (Wildman–Crippen LogP) is 5.77. The van der Waals surface area contributed by atoms with Crippen LogP contribution in [0.25, 0.3) is 11.6 Å². The Hall–Kier alpha value is -1.50. The number of anilines is 1. The Balaban J connectivity index is 2.65. The highest BCUT2D eigenvalue weighted by Crippen LogP contribution is 2.43. The van der Waals surface area contributed by atoms with Gasteiger partial charge in [0, 0.05) is 17.8 Å². The lowest BCUT2D eigenvalue weighted by molar-refractivity contribution is 0.471. The summed E-state index contributed by atoms with van der Waals surface area (Å²) < 4.78 is 0. The van der Waals surface area contributed by atoms with Gasteiger partial charge in [0.25, 0.3) is 0 Å². The highest BCUT2D eigenvalue weighted by molar-refractivity contribution is 5.84. The molecule has 1 aliphatic rings. The average Bonchev–Trinajstić information content (AvgIpc) is 2.46. The highest BCUT2D eigenvalue weighted by Gasteiger charge is 2.35. The van der Waals surface area contributed by atoms with Gasteiger partial charge in [-0.05, 0) is 49.5 Å². The molecule has 0 N–H and O–H groups in total. The SMILES string of the molecule is C=Cc1ccc2c(c1)C(C(C)C)=CC(C)(CCC)N2CC. The molecule has 21 heavy (non-hydrogen) atoms. The molecule has 1 aliphatic heterocycles. The average molecular weight is 283 g/mol. The first-order valence-corrected chi connectivity index (χ1v) is 8.24. The molecule has 0 radical (unpaired) electrons. The largest absolute Gasteiger partial charge is 0.362 e. The first-order chi connectivity index (χ1) is 9.96. The lowest BCUT2D eigenvalue weighted by Gasteiger charge is -2.46. The van der Waals surface area contributed by atoms with Gasteiger partial charge in [-0.1, -0.05) is 52.0 Å². The number of hydrogen-bond acceptors (Lipinski definition) is 1. The molecule has 0 amide bonds. The summed E-state index contributed by atoms with van der Waals surface area (Å²) in [6.45, 7) is 16.5. The minimum Gasteiger partial charge on any atom is -0.362 e. The maximum absolute atomic E-state index is 3.91. The van der Waals surface area contributed by atoms with Crippen molar-refractivity contribution in [2.45, 2.75) is 53.0 Å². The second-order valence-corrected chi connectivity index (χ2v) is 6.59. The number of benzene rings is 1. The molecular formula is C20H29N. The molecule has 0 saturated heterocycles. The molecule has 1 heterocycles.